The largest absolute Gasteiger partial charge is 0.369 e. The quantitative estimate of drug-likeness (QED) is 0.915. The first-order valence-corrected chi connectivity index (χ1v) is 8.61. The van der Waals surface area contributed by atoms with Crippen molar-refractivity contribution in [3.63, 3.8) is 0 Å². The highest BCUT2D eigenvalue weighted by Crippen LogP contribution is 2.20. The van der Waals surface area contributed by atoms with Crippen molar-refractivity contribution >= 4 is 5.82 Å². The maximum atomic E-state index is 9.11. The lowest BCUT2D eigenvalue weighted by molar-refractivity contribution is 0.182. The summed E-state index contributed by atoms with van der Waals surface area (Å²) in [6.07, 6.45) is 4.11. The Kier molecular flexibility index (Phi) is 5.45. The summed E-state index contributed by atoms with van der Waals surface area (Å²) in [5.41, 5.74) is 3.33. The fourth-order valence-corrected chi connectivity index (χ4v) is 3.18. The molecule has 0 unspecified atom stereocenters. The molecule has 2 heterocycles. The molecule has 3 rings (SSSR count). The minimum absolute atomic E-state index is 0.620. The molecule has 1 aliphatic heterocycles. The van der Waals surface area contributed by atoms with E-state index < -0.39 is 0 Å². The van der Waals surface area contributed by atoms with Crippen LogP contribution in [-0.4, -0.2) is 29.5 Å². The number of nitrogens with zero attached hydrogens (tertiary/aromatic N) is 3. The second kappa shape index (κ2) is 7.94. The molecule has 1 aromatic carbocycles. The van der Waals surface area contributed by atoms with Crippen molar-refractivity contribution in [2.24, 2.45) is 5.92 Å². The summed E-state index contributed by atoms with van der Waals surface area (Å²) < 4.78 is 0. The molecule has 0 bridgehead atoms. The van der Waals surface area contributed by atoms with Crippen LogP contribution in [0.25, 0.3) is 0 Å². The number of nitrogens with one attached hydrogen (secondary N) is 1. The zero-order valence-electron chi connectivity index (χ0n) is 14.2. The number of rotatable bonds is 5. The van der Waals surface area contributed by atoms with Crippen LogP contribution in [0.1, 0.15) is 29.5 Å². The van der Waals surface area contributed by atoms with Crippen LogP contribution < -0.4 is 5.32 Å². The number of benzene rings is 1. The topological polar surface area (TPSA) is 52.0 Å². The van der Waals surface area contributed by atoms with Gasteiger partial charge < -0.3 is 5.32 Å². The van der Waals surface area contributed by atoms with E-state index in [0.29, 0.717) is 17.3 Å². The van der Waals surface area contributed by atoms with Gasteiger partial charge in [-0.05, 0) is 56.5 Å². The van der Waals surface area contributed by atoms with Crippen molar-refractivity contribution in [3.05, 3.63) is 59.3 Å². The summed E-state index contributed by atoms with van der Waals surface area (Å²) in [5.74, 6) is 1.36. The van der Waals surface area contributed by atoms with E-state index in [4.69, 9.17) is 5.26 Å². The second-order valence-corrected chi connectivity index (χ2v) is 6.60. The number of hydrogen-bond acceptors (Lipinski definition) is 4. The highest BCUT2D eigenvalue weighted by atomic mass is 15.1. The van der Waals surface area contributed by atoms with Crippen molar-refractivity contribution in [3.8, 4) is 6.07 Å². The summed E-state index contributed by atoms with van der Waals surface area (Å²) >= 11 is 0. The van der Waals surface area contributed by atoms with E-state index in [1.807, 2.05) is 0 Å². The Morgan fingerprint density at radius 1 is 1.21 bits per heavy atom. The van der Waals surface area contributed by atoms with Crippen LogP contribution in [0.3, 0.4) is 0 Å². The van der Waals surface area contributed by atoms with Crippen LogP contribution in [0, 0.1) is 24.2 Å². The Morgan fingerprint density at radius 3 is 2.67 bits per heavy atom. The SMILES string of the molecule is Cc1ccc(CN2CCC(CNc3ncccc3C#N)CC2)cc1. The Hall–Kier alpha value is -2.38. The Balaban J connectivity index is 1.45. The van der Waals surface area contributed by atoms with Gasteiger partial charge in [-0.25, -0.2) is 4.98 Å². The number of aromatic nitrogens is 1. The molecule has 0 spiro atoms. The van der Waals surface area contributed by atoms with Gasteiger partial charge in [-0.15, -0.1) is 0 Å². The van der Waals surface area contributed by atoms with Crippen LogP contribution in [0.4, 0.5) is 5.82 Å². The highest BCUT2D eigenvalue weighted by Gasteiger charge is 2.19. The molecule has 4 heteroatoms. The van der Waals surface area contributed by atoms with E-state index in [2.05, 4.69) is 52.5 Å². The molecular formula is C20H24N4. The lowest BCUT2D eigenvalue weighted by Crippen LogP contribution is -2.35. The highest BCUT2D eigenvalue weighted by molar-refractivity contribution is 5.51. The molecule has 0 amide bonds. The van der Waals surface area contributed by atoms with Crippen LogP contribution in [0.5, 0.6) is 0 Å². The predicted molar refractivity (Wildman–Crippen MR) is 96.6 cm³/mol. The summed E-state index contributed by atoms with van der Waals surface area (Å²) in [6, 6.07) is 14.6. The Bertz CT molecular complexity index is 694. The normalized spacial score (nSPS) is 15.8. The third-order valence-corrected chi connectivity index (χ3v) is 4.72. The molecule has 1 fully saturated rings. The lowest BCUT2D eigenvalue weighted by atomic mass is 9.96. The molecule has 4 nitrogen and oxygen atoms in total. The van der Waals surface area contributed by atoms with E-state index in [1.54, 1.807) is 18.3 Å². The zero-order valence-corrected chi connectivity index (χ0v) is 14.2. The molecular weight excluding hydrogens is 296 g/mol. The molecule has 0 aliphatic carbocycles. The first-order chi connectivity index (χ1) is 11.7. The van der Waals surface area contributed by atoms with Crippen molar-refractivity contribution < 1.29 is 0 Å². The van der Waals surface area contributed by atoms with Gasteiger partial charge in [0.2, 0.25) is 0 Å². The minimum atomic E-state index is 0.620. The van der Waals surface area contributed by atoms with Gasteiger partial charge in [-0.2, -0.15) is 5.26 Å². The molecule has 2 aromatic rings. The first-order valence-electron chi connectivity index (χ1n) is 8.61. The van der Waals surface area contributed by atoms with Gasteiger partial charge in [0, 0.05) is 19.3 Å². The van der Waals surface area contributed by atoms with Crippen molar-refractivity contribution in [2.75, 3.05) is 25.0 Å². The van der Waals surface area contributed by atoms with Gasteiger partial charge >= 0.3 is 0 Å². The lowest BCUT2D eigenvalue weighted by Gasteiger charge is -2.32. The third kappa shape index (κ3) is 4.33. The molecule has 1 aliphatic rings. The number of hydrogen-bond donors (Lipinski definition) is 1. The fourth-order valence-electron chi connectivity index (χ4n) is 3.18. The predicted octanol–water partition coefficient (Wildman–Crippen LogP) is 3.59. The van der Waals surface area contributed by atoms with Gasteiger partial charge in [0.25, 0.3) is 0 Å². The number of pyridine rings is 1. The molecule has 124 valence electrons. The first kappa shape index (κ1) is 16.5. The molecule has 1 N–H and O–H groups in total. The number of anilines is 1. The Morgan fingerprint density at radius 2 is 1.96 bits per heavy atom. The van der Waals surface area contributed by atoms with Gasteiger partial charge in [0.1, 0.15) is 11.9 Å². The number of likely N-dealkylation sites (tertiary alicyclic amines) is 1. The maximum absolute atomic E-state index is 9.11. The fraction of sp³-hybridized carbons (Fsp3) is 0.400. The van der Waals surface area contributed by atoms with E-state index >= 15 is 0 Å². The van der Waals surface area contributed by atoms with Gasteiger partial charge in [-0.1, -0.05) is 29.8 Å². The molecule has 1 aromatic heterocycles. The van der Waals surface area contributed by atoms with Crippen molar-refractivity contribution in [1.82, 2.24) is 9.88 Å². The van der Waals surface area contributed by atoms with Crippen molar-refractivity contribution in [1.29, 1.82) is 5.26 Å². The van der Waals surface area contributed by atoms with Gasteiger partial charge in [0.05, 0.1) is 5.56 Å². The van der Waals surface area contributed by atoms with Gasteiger partial charge in [0.15, 0.2) is 0 Å². The van der Waals surface area contributed by atoms with Crippen LogP contribution in [0.15, 0.2) is 42.6 Å². The standard InChI is InChI=1S/C20H24N4/c1-16-4-6-18(7-5-16)15-24-11-8-17(9-12-24)14-23-20-19(13-21)3-2-10-22-20/h2-7,10,17H,8-9,11-12,14-15H2,1H3,(H,22,23). The molecule has 0 saturated carbocycles. The molecule has 0 radical (unpaired) electrons. The number of aryl methyl sites for hydroxylation is 1. The smallest absolute Gasteiger partial charge is 0.143 e. The van der Waals surface area contributed by atoms with E-state index in [1.165, 1.54) is 24.0 Å². The van der Waals surface area contributed by atoms with E-state index in [-0.39, 0.29) is 0 Å². The third-order valence-electron chi connectivity index (χ3n) is 4.72. The van der Waals surface area contributed by atoms with E-state index in [9.17, 15) is 0 Å². The molecule has 1 saturated heterocycles. The summed E-state index contributed by atoms with van der Waals surface area (Å²) in [4.78, 5) is 6.80. The summed E-state index contributed by atoms with van der Waals surface area (Å²) in [6.45, 7) is 6.33. The maximum Gasteiger partial charge on any atom is 0.143 e. The number of piperidine rings is 1. The van der Waals surface area contributed by atoms with Crippen LogP contribution >= 0.6 is 0 Å². The minimum Gasteiger partial charge on any atom is -0.369 e. The molecule has 24 heavy (non-hydrogen) atoms. The molecule has 0 atom stereocenters. The number of nitriles is 1. The zero-order chi connectivity index (χ0) is 16.8. The summed E-state index contributed by atoms with van der Waals surface area (Å²) in [7, 11) is 0. The van der Waals surface area contributed by atoms with E-state index in [0.717, 1.165) is 26.2 Å². The second-order valence-electron chi connectivity index (χ2n) is 6.60. The van der Waals surface area contributed by atoms with Gasteiger partial charge in [-0.3, -0.25) is 4.90 Å². The summed E-state index contributed by atoms with van der Waals surface area (Å²) in [5, 5.41) is 12.5. The average molecular weight is 320 g/mol. The van der Waals surface area contributed by atoms with Crippen molar-refractivity contribution in [2.45, 2.75) is 26.3 Å². The average Bonchev–Trinajstić information content (AvgIpc) is 2.63. The van der Waals surface area contributed by atoms with Crippen LogP contribution in [0.2, 0.25) is 0 Å². The van der Waals surface area contributed by atoms with Crippen LogP contribution in [-0.2, 0) is 6.54 Å². The monoisotopic (exact) mass is 320 g/mol. The Labute approximate surface area is 144 Å².